The number of hydrogen-bond acceptors (Lipinski definition) is 4. The van der Waals surface area contributed by atoms with Crippen molar-refractivity contribution in [2.75, 3.05) is 27.3 Å². The Morgan fingerprint density at radius 2 is 2.21 bits per heavy atom. The molecule has 0 aliphatic carbocycles. The molecule has 0 aromatic heterocycles. The van der Waals surface area contributed by atoms with Gasteiger partial charge in [0.15, 0.2) is 5.76 Å². The Morgan fingerprint density at radius 3 is 2.74 bits per heavy atom. The summed E-state index contributed by atoms with van der Waals surface area (Å²) in [6, 6.07) is 0. The first-order valence-electron chi connectivity index (χ1n) is 6.83. The molecule has 1 N–H and O–H groups in total. The Hall–Kier alpha value is -1.07. The molecular formula is C14H25NO4. The van der Waals surface area contributed by atoms with Crippen molar-refractivity contribution in [3.05, 3.63) is 11.8 Å². The van der Waals surface area contributed by atoms with Gasteiger partial charge in [0.2, 0.25) is 6.29 Å². The molecule has 0 saturated carbocycles. The second kappa shape index (κ2) is 7.50. The normalized spacial score (nSPS) is 26.6. The van der Waals surface area contributed by atoms with Crippen LogP contribution < -0.4 is 0 Å². The van der Waals surface area contributed by atoms with Crippen LogP contribution >= 0.6 is 0 Å². The smallest absolute Gasteiger partial charge is 0.288 e. The van der Waals surface area contributed by atoms with Crippen molar-refractivity contribution in [3.8, 4) is 0 Å². The maximum atomic E-state index is 12.0. The zero-order valence-electron chi connectivity index (χ0n) is 12.3. The van der Waals surface area contributed by atoms with E-state index in [1.807, 2.05) is 13.0 Å². The van der Waals surface area contributed by atoms with Gasteiger partial charge in [0, 0.05) is 33.2 Å². The summed E-state index contributed by atoms with van der Waals surface area (Å²) in [6.07, 6.45) is 2.99. The van der Waals surface area contributed by atoms with Crippen LogP contribution in [-0.4, -0.2) is 49.5 Å². The van der Waals surface area contributed by atoms with Crippen molar-refractivity contribution in [2.45, 2.75) is 33.0 Å². The fourth-order valence-corrected chi connectivity index (χ4v) is 2.25. The van der Waals surface area contributed by atoms with Crippen LogP contribution in [0.1, 0.15) is 26.7 Å². The molecule has 1 aliphatic rings. The lowest BCUT2D eigenvalue weighted by Crippen LogP contribution is -2.38. The second-order valence-corrected chi connectivity index (χ2v) is 5.06. The van der Waals surface area contributed by atoms with Crippen molar-refractivity contribution in [3.63, 3.8) is 0 Å². The van der Waals surface area contributed by atoms with E-state index in [9.17, 15) is 4.79 Å². The van der Waals surface area contributed by atoms with Gasteiger partial charge >= 0.3 is 0 Å². The quantitative estimate of drug-likeness (QED) is 0.793. The van der Waals surface area contributed by atoms with E-state index in [-0.39, 0.29) is 24.3 Å². The minimum atomic E-state index is -0.407. The van der Waals surface area contributed by atoms with Crippen molar-refractivity contribution in [1.82, 2.24) is 4.90 Å². The summed E-state index contributed by atoms with van der Waals surface area (Å²) in [7, 11) is 3.40. The Kier molecular flexibility index (Phi) is 6.31. The van der Waals surface area contributed by atoms with E-state index >= 15 is 0 Å². The van der Waals surface area contributed by atoms with Gasteiger partial charge in [-0.25, -0.2) is 0 Å². The van der Waals surface area contributed by atoms with Crippen LogP contribution in [0.15, 0.2) is 11.8 Å². The summed E-state index contributed by atoms with van der Waals surface area (Å²) in [5, 5.41) is 8.95. The zero-order valence-corrected chi connectivity index (χ0v) is 12.3. The number of carbonyl (C=O) groups is 1. The molecule has 110 valence electrons. The van der Waals surface area contributed by atoms with Gasteiger partial charge in [0.25, 0.3) is 5.91 Å². The monoisotopic (exact) mass is 271 g/mol. The molecule has 5 heteroatoms. The summed E-state index contributed by atoms with van der Waals surface area (Å²) in [5.41, 5.74) is 0. The zero-order chi connectivity index (χ0) is 14.4. The van der Waals surface area contributed by atoms with E-state index in [4.69, 9.17) is 14.6 Å². The maximum absolute atomic E-state index is 12.0. The Bertz CT molecular complexity index is 327. The highest BCUT2D eigenvalue weighted by molar-refractivity contribution is 5.91. The average molecular weight is 271 g/mol. The van der Waals surface area contributed by atoms with Gasteiger partial charge in [-0.2, -0.15) is 0 Å². The molecule has 0 spiro atoms. The van der Waals surface area contributed by atoms with E-state index in [2.05, 4.69) is 6.92 Å². The fourth-order valence-electron chi connectivity index (χ4n) is 2.25. The third-order valence-corrected chi connectivity index (χ3v) is 3.33. The number of nitrogens with zero attached hydrogens (tertiary/aromatic N) is 1. The van der Waals surface area contributed by atoms with Gasteiger partial charge in [-0.1, -0.05) is 6.92 Å². The van der Waals surface area contributed by atoms with Gasteiger partial charge in [-0.15, -0.1) is 0 Å². The first kappa shape index (κ1) is 16.0. The molecule has 3 atom stereocenters. The van der Waals surface area contributed by atoms with Crippen LogP contribution in [0.4, 0.5) is 0 Å². The SMILES string of the molecule is CCO[C@@H]1OC(C(=O)N(C)C)=C[C@H](C)[C@H]1CCCO. The first-order chi connectivity index (χ1) is 9.01. The van der Waals surface area contributed by atoms with Crippen LogP contribution in [0, 0.1) is 11.8 Å². The van der Waals surface area contributed by atoms with Crippen molar-refractivity contribution in [1.29, 1.82) is 0 Å². The van der Waals surface area contributed by atoms with Crippen molar-refractivity contribution < 1.29 is 19.4 Å². The van der Waals surface area contributed by atoms with Gasteiger partial charge in [-0.05, 0) is 31.8 Å². The maximum Gasteiger partial charge on any atom is 0.288 e. The molecule has 0 saturated heterocycles. The number of aliphatic hydroxyl groups is 1. The Morgan fingerprint density at radius 1 is 1.53 bits per heavy atom. The lowest BCUT2D eigenvalue weighted by molar-refractivity contribution is -0.173. The molecule has 5 nitrogen and oxygen atoms in total. The molecule has 1 rings (SSSR count). The molecule has 0 bridgehead atoms. The third-order valence-electron chi connectivity index (χ3n) is 3.33. The van der Waals surface area contributed by atoms with Gasteiger partial charge < -0.3 is 19.5 Å². The number of likely N-dealkylation sites (N-methyl/N-ethyl adjacent to an activating group) is 1. The molecule has 1 aliphatic heterocycles. The number of aliphatic hydroxyl groups excluding tert-OH is 1. The summed E-state index contributed by atoms with van der Waals surface area (Å²) in [4.78, 5) is 13.4. The van der Waals surface area contributed by atoms with Crippen LogP contribution in [0.25, 0.3) is 0 Å². The lowest BCUT2D eigenvalue weighted by atomic mass is 9.86. The number of rotatable bonds is 6. The van der Waals surface area contributed by atoms with E-state index in [1.54, 1.807) is 14.1 Å². The number of allylic oxidation sites excluding steroid dienone is 1. The second-order valence-electron chi connectivity index (χ2n) is 5.06. The van der Waals surface area contributed by atoms with Crippen LogP contribution in [0.5, 0.6) is 0 Å². The topological polar surface area (TPSA) is 59.0 Å². The lowest BCUT2D eigenvalue weighted by Gasteiger charge is -2.35. The highest BCUT2D eigenvalue weighted by atomic mass is 16.7. The number of ether oxygens (including phenoxy) is 2. The predicted molar refractivity (Wildman–Crippen MR) is 72.2 cm³/mol. The van der Waals surface area contributed by atoms with Crippen molar-refractivity contribution >= 4 is 5.91 Å². The molecule has 19 heavy (non-hydrogen) atoms. The average Bonchev–Trinajstić information content (AvgIpc) is 2.37. The third kappa shape index (κ3) is 4.21. The molecule has 1 heterocycles. The highest BCUT2D eigenvalue weighted by Gasteiger charge is 2.35. The minimum absolute atomic E-state index is 0.142. The Labute approximate surface area is 115 Å². The minimum Gasteiger partial charge on any atom is -0.459 e. The van der Waals surface area contributed by atoms with Gasteiger partial charge in [0.05, 0.1) is 0 Å². The largest absolute Gasteiger partial charge is 0.459 e. The summed E-state index contributed by atoms with van der Waals surface area (Å²) in [5.74, 6) is 0.579. The summed E-state index contributed by atoms with van der Waals surface area (Å²) in [6.45, 7) is 4.66. The van der Waals surface area contributed by atoms with Crippen LogP contribution in [0.3, 0.4) is 0 Å². The van der Waals surface area contributed by atoms with E-state index in [0.29, 0.717) is 18.8 Å². The molecule has 1 amide bonds. The van der Waals surface area contributed by atoms with Gasteiger partial charge in [0.1, 0.15) is 0 Å². The fraction of sp³-hybridized carbons (Fsp3) is 0.786. The van der Waals surface area contributed by atoms with Crippen molar-refractivity contribution in [2.24, 2.45) is 11.8 Å². The van der Waals surface area contributed by atoms with Gasteiger partial charge in [-0.3, -0.25) is 4.79 Å². The summed E-state index contributed by atoms with van der Waals surface area (Å²) < 4.78 is 11.3. The van der Waals surface area contributed by atoms with E-state index < -0.39 is 6.29 Å². The number of amides is 1. The molecular weight excluding hydrogens is 246 g/mol. The first-order valence-corrected chi connectivity index (χ1v) is 6.83. The Balaban J connectivity index is 2.83. The molecule has 0 radical (unpaired) electrons. The number of carbonyl (C=O) groups excluding carboxylic acids is 1. The highest BCUT2D eigenvalue weighted by Crippen LogP contribution is 2.32. The van der Waals surface area contributed by atoms with Crippen LogP contribution in [0.2, 0.25) is 0 Å². The van der Waals surface area contributed by atoms with Crippen LogP contribution in [-0.2, 0) is 14.3 Å². The molecule has 0 aromatic rings. The summed E-state index contributed by atoms with van der Waals surface area (Å²) >= 11 is 0. The molecule has 0 fully saturated rings. The predicted octanol–water partition coefficient (Wildman–Crippen LogP) is 1.38. The van der Waals surface area contributed by atoms with E-state index in [0.717, 1.165) is 6.42 Å². The molecule has 0 unspecified atom stereocenters. The van der Waals surface area contributed by atoms with E-state index in [1.165, 1.54) is 4.90 Å². The molecule has 0 aromatic carbocycles. The number of hydrogen-bond donors (Lipinski definition) is 1. The standard InChI is InChI=1S/C14H25NO4/c1-5-18-14-11(7-6-8-16)10(2)9-12(19-14)13(17)15(3)4/h9-11,14,16H,5-8H2,1-4H3/t10-,11+,14+/m0/s1.